The molecule has 6 heteroatoms. The molecule has 19 heavy (non-hydrogen) atoms. The third kappa shape index (κ3) is 2.68. The number of nitrogens with one attached hydrogen (secondary N) is 3. The monoisotopic (exact) mass is 320 g/mol. The van der Waals surface area contributed by atoms with Crippen LogP contribution in [-0.2, 0) is 0 Å². The molecule has 0 bridgehead atoms. The van der Waals surface area contributed by atoms with Crippen molar-refractivity contribution >= 4 is 38.6 Å². The topological polar surface area (TPSA) is 63.8 Å². The summed E-state index contributed by atoms with van der Waals surface area (Å²) in [5.74, 6) is 0.946. The fourth-order valence-corrected chi connectivity index (χ4v) is 2.60. The van der Waals surface area contributed by atoms with Gasteiger partial charge in [-0.25, -0.2) is 5.32 Å². The molecule has 1 aromatic heterocycles. The SMILES string of the molecule is Brc1c(NC2=[NH+]CCCCN2)ccc2nccnc12. The highest BCUT2D eigenvalue weighted by atomic mass is 79.9. The number of fused-ring (bicyclic) bond motifs is 1. The van der Waals surface area contributed by atoms with Crippen LogP contribution in [0.1, 0.15) is 12.8 Å². The van der Waals surface area contributed by atoms with Gasteiger partial charge < -0.3 is 0 Å². The van der Waals surface area contributed by atoms with Gasteiger partial charge in [-0.2, -0.15) is 0 Å². The van der Waals surface area contributed by atoms with Gasteiger partial charge in [-0.1, -0.05) is 0 Å². The van der Waals surface area contributed by atoms with Crippen LogP contribution in [0.15, 0.2) is 29.0 Å². The molecule has 1 aliphatic heterocycles. The number of anilines is 1. The first-order chi connectivity index (χ1) is 9.34. The average molecular weight is 321 g/mol. The molecule has 1 aliphatic rings. The van der Waals surface area contributed by atoms with E-state index in [1.807, 2.05) is 12.1 Å². The first-order valence-electron chi connectivity index (χ1n) is 6.35. The summed E-state index contributed by atoms with van der Waals surface area (Å²) in [7, 11) is 0. The lowest BCUT2D eigenvalue weighted by molar-refractivity contribution is -0.458. The molecule has 0 amide bonds. The molecule has 0 spiro atoms. The highest BCUT2D eigenvalue weighted by Gasteiger charge is 2.14. The molecule has 0 radical (unpaired) electrons. The fraction of sp³-hybridized carbons (Fsp3) is 0.308. The minimum Gasteiger partial charge on any atom is -0.278 e. The van der Waals surface area contributed by atoms with Crippen LogP contribution < -0.4 is 15.6 Å². The van der Waals surface area contributed by atoms with Gasteiger partial charge in [-0.15, -0.1) is 0 Å². The Morgan fingerprint density at radius 3 is 3.05 bits per heavy atom. The van der Waals surface area contributed by atoms with Crippen LogP contribution in [0.3, 0.4) is 0 Å². The molecule has 2 heterocycles. The lowest BCUT2D eigenvalue weighted by Gasteiger charge is -2.06. The fourth-order valence-electron chi connectivity index (χ4n) is 2.06. The molecule has 0 saturated heterocycles. The van der Waals surface area contributed by atoms with Gasteiger partial charge in [0.25, 0.3) is 0 Å². The van der Waals surface area contributed by atoms with Gasteiger partial charge in [0.15, 0.2) is 0 Å². The second-order valence-corrected chi connectivity index (χ2v) is 5.20. The van der Waals surface area contributed by atoms with Crippen molar-refractivity contribution < 1.29 is 4.99 Å². The Balaban J connectivity index is 1.92. The standard InChI is InChI=1S/C13H14BrN5/c14-11-9(19-13-17-5-1-2-6-18-13)3-4-10-12(11)16-8-7-15-10/h3-4,7-8H,1-2,5-6H2,(H2,17,18,19)/p+1. The van der Waals surface area contributed by atoms with E-state index in [0.29, 0.717) is 0 Å². The second kappa shape index (κ2) is 5.52. The molecule has 0 saturated carbocycles. The number of rotatable bonds is 1. The lowest BCUT2D eigenvalue weighted by Crippen LogP contribution is -2.77. The summed E-state index contributed by atoms with van der Waals surface area (Å²) in [4.78, 5) is 12.0. The van der Waals surface area contributed by atoms with E-state index in [1.165, 1.54) is 12.8 Å². The van der Waals surface area contributed by atoms with Gasteiger partial charge in [0.1, 0.15) is 11.2 Å². The zero-order valence-electron chi connectivity index (χ0n) is 10.4. The van der Waals surface area contributed by atoms with Crippen LogP contribution in [0.25, 0.3) is 11.0 Å². The van der Waals surface area contributed by atoms with Gasteiger partial charge in [0, 0.05) is 12.4 Å². The third-order valence-electron chi connectivity index (χ3n) is 3.05. The van der Waals surface area contributed by atoms with Crippen LogP contribution in [0.2, 0.25) is 0 Å². The van der Waals surface area contributed by atoms with Gasteiger partial charge in [-0.05, 0) is 40.9 Å². The molecule has 0 aliphatic carbocycles. The summed E-state index contributed by atoms with van der Waals surface area (Å²) >= 11 is 3.59. The predicted octanol–water partition coefficient (Wildman–Crippen LogP) is 0.624. The van der Waals surface area contributed by atoms with Crippen molar-refractivity contribution in [2.24, 2.45) is 0 Å². The molecule has 2 aromatic rings. The number of aromatic nitrogens is 2. The van der Waals surface area contributed by atoms with Gasteiger partial charge in [0.2, 0.25) is 0 Å². The van der Waals surface area contributed by atoms with E-state index in [1.54, 1.807) is 12.4 Å². The van der Waals surface area contributed by atoms with Crippen molar-refractivity contribution in [3.63, 3.8) is 0 Å². The van der Waals surface area contributed by atoms with Crippen molar-refractivity contribution in [1.82, 2.24) is 15.3 Å². The van der Waals surface area contributed by atoms with Crippen LogP contribution in [0.5, 0.6) is 0 Å². The van der Waals surface area contributed by atoms with Crippen LogP contribution in [0.4, 0.5) is 5.69 Å². The quantitative estimate of drug-likeness (QED) is 0.721. The van der Waals surface area contributed by atoms with Crippen LogP contribution in [0, 0.1) is 0 Å². The Morgan fingerprint density at radius 2 is 2.11 bits per heavy atom. The van der Waals surface area contributed by atoms with Crippen molar-refractivity contribution in [1.29, 1.82) is 0 Å². The van der Waals surface area contributed by atoms with Gasteiger partial charge >= 0.3 is 5.96 Å². The van der Waals surface area contributed by atoms with E-state index in [4.69, 9.17) is 0 Å². The zero-order chi connectivity index (χ0) is 13.1. The van der Waals surface area contributed by atoms with Crippen molar-refractivity contribution in [2.75, 3.05) is 18.4 Å². The number of nitrogens with zero attached hydrogens (tertiary/aromatic N) is 2. The van der Waals surface area contributed by atoms with E-state index < -0.39 is 0 Å². The zero-order valence-corrected chi connectivity index (χ0v) is 12.0. The third-order valence-corrected chi connectivity index (χ3v) is 3.85. The summed E-state index contributed by atoms with van der Waals surface area (Å²) in [5.41, 5.74) is 2.72. The Morgan fingerprint density at radius 1 is 1.21 bits per heavy atom. The summed E-state index contributed by atoms with van der Waals surface area (Å²) in [5, 5.41) is 6.70. The Bertz CT molecular complexity index is 625. The Kier molecular flexibility index (Phi) is 3.59. The van der Waals surface area contributed by atoms with E-state index in [-0.39, 0.29) is 0 Å². The van der Waals surface area contributed by atoms with Gasteiger partial charge in [-0.3, -0.25) is 20.3 Å². The number of guanidine groups is 1. The summed E-state index contributed by atoms with van der Waals surface area (Å²) in [6.07, 6.45) is 5.77. The number of hydrogen-bond acceptors (Lipinski definition) is 4. The first kappa shape index (κ1) is 12.3. The summed E-state index contributed by atoms with van der Waals surface area (Å²) in [6.45, 7) is 1.97. The maximum Gasteiger partial charge on any atom is 0.348 e. The van der Waals surface area contributed by atoms with Crippen molar-refractivity contribution in [3.8, 4) is 0 Å². The maximum atomic E-state index is 4.35. The van der Waals surface area contributed by atoms with Gasteiger partial charge in [0.05, 0.1) is 23.1 Å². The number of hydrogen-bond donors (Lipinski definition) is 3. The average Bonchev–Trinajstić information content (AvgIpc) is 2.71. The first-order valence-corrected chi connectivity index (χ1v) is 7.15. The lowest BCUT2D eigenvalue weighted by atomic mass is 10.2. The molecule has 5 nitrogen and oxygen atoms in total. The summed E-state index contributed by atoms with van der Waals surface area (Å²) in [6, 6.07) is 3.97. The minimum absolute atomic E-state index is 0.863. The van der Waals surface area contributed by atoms with Crippen molar-refractivity contribution in [2.45, 2.75) is 12.8 Å². The smallest absolute Gasteiger partial charge is 0.278 e. The van der Waals surface area contributed by atoms with Crippen LogP contribution >= 0.6 is 15.9 Å². The molecule has 0 fully saturated rings. The Labute approximate surface area is 119 Å². The molecule has 0 unspecified atom stereocenters. The highest BCUT2D eigenvalue weighted by molar-refractivity contribution is 9.10. The van der Waals surface area contributed by atoms with Crippen LogP contribution in [-0.4, -0.2) is 29.0 Å². The normalized spacial score (nSPS) is 15.5. The summed E-state index contributed by atoms with van der Waals surface area (Å²) < 4.78 is 0.929. The van der Waals surface area contributed by atoms with E-state index in [9.17, 15) is 0 Å². The molecular formula is C13H15BrN5+. The molecule has 0 atom stereocenters. The number of halogens is 1. The Hall–Kier alpha value is -1.69. The van der Waals surface area contributed by atoms with E-state index in [2.05, 4.69) is 41.5 Å². The van der Waals surface area contributed by atoms with Crippen molar-refractivity contribution in [3.05, 3.63) is 29.0 Å². The molecule has 1 aromatic carbocycles. The minimum atomic E-state index is 0.863. The second-order valence-electron chi connectivity index (χ2n) is 4.41. The maximum absolute atomic E-state index is 4.35. The molecule has 3 N–H and O–H groups in total. The molecule has 98 valence electrons. The van der Waals surface area contributed by atoms with E-state index >= 15 is 0 Å². The largest absolute Gasteiger partial charge is 0.348 e. The van der Waals surface area contributed by atoms with E-state index in [0.717, 1.165) is 40.2 Å². The molecule has 3 rings (SSSR count). The molecular weight excluding hydrogens is 306 g/mol. The highest BCUT2D eigenvalue weighted by Crippen LogP contribution is 2.28. The predicted molar refractivity (Wildman–Crippen MR) is 78.9 cm³/mol. The number of benzene rings is 1.